The van der Waals surface area contributed by atoms with Gasteiger partial charge in [-0.3, -0.25) is 0 Å². The average molecular weight is 480 g/mol. The minimum atomic E-state index is -4.56. The zero-order valence-corrected chi connectivity index (χ0v) is 19.4. The lowest BCUT2D eigenvalue weighted by Gasteiger charge is -2.16. The molecule has 0 aliphatic rings. The predicted molar refractivity (Wildman–Crippen MR) is 127 cm³/mol. The standard InChI is InChI=1S/C27H24F3N3O2/c1-16-6-4-5-7-22(16)23-13-12-21(14-24(23)27(28,29)30)26-32-25(33-35-26)20-10-8-19(9-11-20)18(3)31-17(2)15-34/h4-15,17-18,31H,1-3H3/t17-,18+/m1/s1. The molecule has 180 valence electrons. The van der Waals surface area contributed by atoms with Crippen molar-refractivity contribution in [2.75, 3.05) is 0 Å². The number of aryl methyl sites for hydroxylation is 1. The molecule has 5 nitrogen and oxygen atoms in total. The third-order valence-corrected chi connectivity index (χ3v) is 5.82. The van der Waals surface area contributed by atoms with Gasteiger partial charge in [0.25, 0.3) is 5.89 Å². The SMILES string of the molecule is Cc1ccccc1-c1ccc(-c2nc(-c3ccc([C@H](C)N[C@H](C)C=O)cc3)no2)cc1C(F)(F)F. The summed E-state index contributed by atoms with van der Waals surface area (Å²) < 4.78 is 47.1. The number of nitrogens with zero attached hydrogens (tertiary/aromatic N) is 2. The molecule has 0 saturated carbocycles. The van der Waals surface area contributed by atoms with Crippen molar-refractivity contribution in [3.05, 3.63) is 83.4 Å². The minimum Gasteiger partial charge on any atom is -0.334 e. The smallest absolute Gasteiger partial charge is 0.334 e. The molecule has 0 bridgehead atoms. The minimum absolute atomic E-state index is 0.000697. The van der Waals surface area contributed by atoms with Crippen LogP contribution in [0.1, 0.15) is 36.6 Å². The van der Waals surface area contributed by atoms with Gasteiger partial charge in [-0.1, -0.05) is 59.8 Å². The van der Waals surface area contributed by atoms with E-state index in [0.29, 0.717) is 11.1 Å². The van der Waals surface area contributed by atoms with Crippen molar-refractivity contribution in [3.8, 4) is 34.0 Å². The van der Waals surface area contributed by atoms with E-state index in [1.165, 1.54) is 6.07 Å². The Balaban J connectivity index is 1.63. The van der Waals surface area contributed by atoms with Crippen LogP contribution in [0, 0.1) is 6.92 Å². The maximum absolute atomic E-state index is 13.9. The van der Waals surface area contributed by atoms with Crippen LogP contribution in [0.5, 0.6) is 0 Å². The van der Waals surface area contributed by atoms with Gasteiger partial charge in [-0.2, -0.15) is 18.2 Å². The summed E-state index contributed by atoms with van der Waals surface area (Å²) in [5.41, 5.74) is 2.41. The third kappa shape index (κ3) is 5.33. The number of carbonyl (C=O) groups is 1. The van der Waals surface area contributed by atoms with Gasteiger partial charge in [0, 0.05) is 17.2 Å². The van der Waals surface area contributed by atoms with Crippen LogP contribution < -0.4 is 5.32 Å². The number of nitrogens with one attached hydrogen (secondary N) is 1. The van der Waals surface area contributed by atoms with E-state index in [0.717, 1.165) is 23.5 Å². The van der Waals surface area contributed by atoms with E-state index in [2.05, 4.69) is 15.5 Å². The molecular formula is C27H24F3N3O2. The molecule has 1 N–H and O–H groups in total. The summed E-state index contributed by atoms with van der Waals surface area (Å²) in [4.78, 5) is 15.2. The third-order valence-electron chi connectivity index (χ3n) is 5.82. The molecule has 0 radical (unpaired) electrons. The highest BCUT2D eigenvalue weighted by Gasteiger charge is 2.34. The van der Waals surface area contributed by atoms with Gasteiger partial charge in [0.2, 0.25) is 5.82 Å². The van der Waals surface area contributed by atoms with Crippen LogP contribution in [0.3, 0.4) is 0 Å². The first kappa shape index (κ1) is 24.3. The summed E-state index contributed by atoms with van der Waals surface area (Å²) >= 11 is 0. The number of aldehydes is 1. The van der Waals surface area contributed by atoms with Crippen LogP contribution in [0.15, 0.2) is 71.3 Å². The van der Waals surface area contributed by atoms with Crippen molar-refractivity contribution in [1.82, 2.24) is 15.5 Å². The lowest BCUT2D eigenvalue weighted by molar-refractivity contribution is -0.137. The predicted octanol–water partition coefficient (Wildman–Crippen LogP) is 6.64. The second-order valence-electron chi connectivity index (χ2n) is 8.43. The van der Waals surface area contributed by atoms with Crippen LogP contribution in [-0.4, -0.2) is 22.5 Å². The summed E-state index contributed by atoms with van der Waals surface area (Å²) in [6, 6.07) is 18.0. The van der Waals surface area contributed by atoms with E-state index in [4.69, 9.17) is 4.52 Å². The first-order chi connectivity index (χ1) is 16.7. The van der Waals surface area contributed by atoms with Crippen molar-refractivity contribution in [2.24, 2.45) is 0 Å². The van der Waals surface area contributed by atoms with Gasteiger partial charge in [-0.05, 0) is 55.2 Å². The molecule has 8 heteroatoms. The van der Waals surface area contributed by atoms with Crippen molar-refractivity contribution in [2.45, 2.75) is 39.0 Å². The molecule has 1 heterocycles. The number of hydrogen-bond acceptors (Lipinski definition) is 5. The number of carbonyl (C=O) groups excluding carboxylic acids is 1. The highest BCUT2D eigenvalue weighted by molar-refractivity contribution is 5.74. The van der Waals surface area contributed by atoms with E-state index < -0.39 is 11.7 Å². The number of alkyl halides is 3. The molecule has 0 aliphatic heterocycles. The molecular weight excluding hydrogens is 455 g/mol. The van der Waals surface area contributed by atoms with Crippen LogP contribution >= 0.6 is 0 Å². The largest absolute Gasteiger partial charge is 0.417 e. The molecule has 35 heavy (non-hydrogen) atoms. The summed E-state index contributed by atoms with van der Waals surface area (Å²) in [6.45, 7) is 5.50. The fraction of sp³-hybridized carbons (Fsp3) is 0.222. The molecule has 3 aromatic carbocycles. The molecule has 0 aliphatic carbocycles. The van der Waals surface area contributed by atoms with Gasteiger partial charge in [-0.25, -0.2) is 0 Å². The Bertz CT molecular complexity index is 1330. The van der Waals surface area contributed by atoms with Crippen molar-refractivity contribution < 1.29 is 22.5 Å². The molecule has 2 atom stereocenters. The molecule has 1 aromatic heterocycles. The van der Waals surface area contributed by atoms with Crippen LogP contribution in [0.2, 0.25) is 0 Å². The summed E-state index contributed by atoms with van der Waals surface area (Å²) in [7, 11) is 0. The number of benzene rings is 3. The van der Waals surface area contributed by atoms with Crippen LogP contribution in [0.4, 0.5) is 13.2 Å². The zero-order valence-electron chi connectivity index (χ0n) is 19.4. The van der Waals surface area contributed by atoms with E-state index in [9.17, 15) is 18.0 Å². The lowest BCUT2D eigenvalue weighted by atomic mass is 9.94. The number of hydrogen-bond donors (Lipinski definition) is 1. The van der Waals surface area contributed by atoms with E-state index in [-0.39, 0.29) is 34.9 Å². The summed E-state index contributed by atoms with van der Waals surface area (Å²) in [6.07, 6.45) is -3.72. The van der Waals surface area contributed by atoms with E-state index in [1.807, 2.05) is 19.1 Å². The van der Waals surface area contributed by atoms with Crippen molar-refractivity contribution in [3.63, 3.8) is 0 Å². The number of aromatic nitrogens is 2. The highest BCUT2D eigenvalue weighted by atomic mass is 19.4. The maximum atomic E-state index is 13.9. The van der Waals surface area contributed by atoms with E-state index >= 15 is 0 Å². The summed E-state index contributed by atoms with van der Waals surface area (Å²) in [5, 5.41) is 7.11. The Labute approximate surface area is 201 Å². The molecule has 4 rings (SSSR count). The second kappa shape index (κ2) is 9.84. The first-order valence-corrected chi connectivity index (χ1v) is 11.1. The number of rotatable bonds is 7. The van der Waals surface area contributed by atoms with Crippen LogP contribution in [-0.2, 0) is 11.0 Å². The topological polar surface area (TPSA) is 68.0 Å². The van der Waals surface area contributed by atoms with Crippen LogP contribution in [0.25, 0.3) is 34.0 Å². The number of halogens is 3. The normalized spacial score (nSPS) is 13.4. The maximum Gasteiger partial charge on any atom is 0.417 e. The Morgan fingerprint density at radius 3 is 2.29 bits per heavy atom. The van der Waals surface area contributed by atoms with E-state index in [1.54, 1.807) is 56.3 Å². The monoisotopic (exact) mass is 479 g/mol. The molecule has 0 saturated heterocycles. The molecule has 4 aromatic rings. The van der Waals surface area contributed by atoms with Gasteiger partial charge in [-0.15, -0.1) is 0 Å². The first-order valence-electron chi connectivity index (χ1n) is 11.1. The fourth-order valence-corrected chi connectivity index (χ4v) is 3.93. The van der Waals surface area contributed by atoms with Crippen molar-refractivity contribution in [1.29, 1.82) is 0 Å². The van der Waals surface area contributed by atoms with Gasteiger partial charge in [0.05, 0.1) is 11.6 Å². The average Bonchev–Trinajstić information content (AvgIpc) is 3.34. The fourth-order valence-electron chi connectivity index (χ4n) is 3.93. The highest BCUT2D eigenvalue weighted by Crippen LogP contribution is 2.40. The molecule has 0 spiro atoms. The van der Waals surface area contributed by atoms with Crippen molar-refractivity contribution >= 4 is 6.29 Å². The Kier molecular flexibility index (Phi) is 6.84. The lowest BCUT2D eigenvalue weighted by Crippen LogP contribution is -2.29. The Hall–Kier alpha value is -3.78. The quantitative estimate of drug-likeness (QED) is 0.301. The molecule has 0 amide bonds. The summed E-state index contributed by atoms with van der Waals surface area (Å²) in [5.74, 6) is 0.269. The van der Waals surface area contributed by atoms with Gasteiger partial charge < -0.3 is 14.6 Å². The Morgan fingerprint density at radius 2 is 1.63 bits per heavy atom. The van der Waals surface area contributed by atoms with Gasteiger partial charge in [0.15, 0.2) is 0 Å². The van der Waals surface area contributed by atoms with Gasteiger partial charge in [0.1, 0.15) is 6.29 Å². The zero-order chi connectivity index (χ0) is 25.2. The molecule has 0 unspecified atom stereocenters. The van der Waals surface area contributed by atoms with Gasteiger partial charge >= 0.3 is 6.18 Å². The second-order valence-corrected chi connectivity index (χ2v) is 8.43. The Morgan fingerprint density at radius 1 is 0.943 bits per heavy atom. The molecule has 0 fully saturated rings.